The van der Waals surface area contributed by atoms with Gasteiger partial charge in [0.2, 0.25) is 10.0 Å². The van der Waals surface area contributed by atoms with Crippen LogP contribution in [0.3, 0.4) is 0 Å². The Balaban J connectivity index is 2.56. The summed E-state index contributed by atoms with van der Waals surface area (Å²) in [6, 6.07) is 3.34. The van der Waals surface area contributed by atoms with Crippen molar-refractivity contribution in [1.82, 2.24) is 4.72 Å². The maximum absolute atomic E-state index is 11.5. The Labute approximate surface area is 98.2 Å². The molecular formula is C9H13NO4S2. The molecule has 0 aliphatic carbocycles. The van der Waals surface area contributed by atoms with Crippen molar-refractivity contribution in [2.75, 3.05) is 5.75 Å². The maximum atomic E-state index is 11.5. The summed E-state index contributed by atoms with van der Waals surface area (Å²) in [5.41, 5.74) is 0. The van der Waals surface area contributed by atoms with Gasteiger partial charge in [0, 0.05) is 4.88 Å². The first kappa shape index (κ1) is 13.1. The van der Waals surface area contributed by atoms with E-state index in [9.17, 15) is 13.2 Å². The minimum absolute atomic E-state index is 0.321. The molecule has 1 rings (SSSR count). The van der Waals surface area contributed by atoms with E-state index in [-0.39, 0.29) is 12.5 Å². The van der Waals surface area contributed by atoms with Crippen LogP contribution in [0.25, 0.3) is 0 Å². The van der Waals surface area contributed by atoms with Crippen LogP contribution in [0, 0.1) is 0 Å². The van der Waals surface area contributed by atoms with Gasteiger partial charge in [0.05, 0.1) is 18.2 Å². The van der Waals surface area contributed by atoms with E-state index in [1.54, 1.807) is 6.92 Å². The van der Waals surface area contributed by atoms with Crippen molar-refractivity contribution >= 4 is 27.3 Å². The topological polar surface area (TPSA) is 83.5 Å². The van der Waals surface area contributed by atoms with Gasteiger partial charge in [0.1, 0.15) is 0 Å². The zero-order valence-electron chi connectivity index (χ0n) is 8.71. The third-order valence-corrected chi connectivity index (χ3v) is 4.42. The van der Waals surface area contributed by atoms with Crippen LogP contribution in [0.15, 0.2) is 17.5 Å². The number of carboxylic acids is 1. The number of thiophene rings is 1. The lowest BCUT2D eigenvalue weighted by atomic mass is 10.3. The van der Waals surface area contributed by atoms with E-state index in [1.165, 1.54) is 11.3 Å². The second-order valence-electron chi connectivity index (χ2n) is 3.32. The molecule has 5 nitrogen and oxygen atoms in total. The molecule has 0 aliphatic heterocycles. The predicted octanol–water partition coefficient (Wildman–Crippen LogP) is 1.20. The highest BCUT2D eigenvalue weighted by molar-refractivity contribution is 7.89. The molecule has 0 aromatic carbocycles. The maximum Gasteiger partial charge on any atom is 0.304 e. The molecule has 1 aromatic rings. The van der Waals surface area contributed by atoms with E-state index in [0.29, 0.717) is 0 Å². The highest BCUT2D eigenvalue weighted by Gasteiger charge is 2.17. The second-order valence-corrected chi connectivity index (χ2v) is 6.17. The number of aliphatic carboxylic acids is 1. The van der Waals surface area contributed by atoms with Crippen molar-refractivity contribution in [2.45, 2.75) is 19.4 Å². The number of carboxylic acid groups (broad SMARTS) is 1. The zero-order chi connectivity index (χ0) is 12.2. The molecule has 90 valence electrons. The molecule has 0 spiro atoms. The van der Waals surface area contributed by atoms with Crippen molar-refractivity contribution in [1.29, 1.82) is 0 Å². The summed E-state index contributed by atoms with van der Waals surface area (Å²) in [7, 11) is -3.53. The Morgan fingerprint density at radius 2 is 2.31 bits per heavy atom. The van der Waals surface area contributed by atoms with E-state index in [1.807, 2.05) is 17.5 Å². The molecule has 1 aromatic heterocycles. The average molecular weight is 263 g/mol. The fourth-order valence-electron chi connectivity index (χ4n) is 1.15. The van der Waals surface area contributed by atoms with Crippen LogP contribution in [0.1, 0.15) is 24.3 Å². The minimum Gasteiger partial charge on any atom is -0.481 e. The number of sulfonamides is 1. The highest BCUT2D eigenvalue weighted by Crippen LogP contribution is 2.18. The largest absolute Gasteiger partial charge is 0.481 e. The van der Waals surface area contributed by atoms with Crippen LogP contribution in [0.4, 0.5) is 0 Å². The summed E-state index contributed by atoms with van der Waals surface area (Å²) in [4.78, 5) is 11.2. The van der Waals surface area contributed by atoms with Gasteiger partial charge in [-0.2, -0.15) is 0 Å². The summed E-state index contributed by atoms with van der Waals surface area (Å²) in [6.45, 7) is 1.73. The molecule has 1 atom stereocenters. The molecule has 0 amide bonds. The molecule has 1 heterocycles. The Bertz CT molecular complexity index is 438. The van der Waals surface area contributed by atoms with Gasteiger partial charge < -0.3 is 5.11 Å². The van der Waals surface area contributed by atoms with E-state index >= 15 is 0 Å². The summed E-state index contributed by atoms with van der Waals surface area (Å²) < 4.78 is 25.4. The zero-order valence-corrected chi connectivity index (χ0v) is 10.3. The quantitative estimate of drug-likeness (QED) is 0.808. The molecule has 0 aliphatic rings. The van der Waals surface area contributed by atoms with Gasteiger partial charge in [0.15, 0.2) is 0 Å². The van der Waals surface area contributed by atoms with Crippen LogP contribution >= 0.6 is 11.3 Å². The first-order valence-electron chi connectivity index (χ1n) is 4.66. The van der Waals surface area contributed by atoms with Gasteiger partial charge in [-0.15, -0.1) is 11.3 Å². The van der Waals surface area contributed by atoms with Gasteiger partial charge in [-0.1, -0.05) is 6.07 Å². The van der Waals surface area contributed by atoms with Crippen LogP contribution in [-0.2, 0) is 14.8 Å². The standard InChI is InChI=1S/C9H13NO4S2/c1-7(8-3-2-5-15-8)10-16(13,14)6-4-9(11)12/h2-3,5,7,10H,4,6H2,1H3,(H,11,12)/t7-/m1/s1. The van der Waals surface area contributed by atoms with Crippen molar-refractivity contribution in [3.63, 3.8) is 0 Å². The van der Waals surface area contributed by atoms with Gasteiger partial charge in [-0.3, -0.25) is 4.79 Å². The molecule has 0 saturated heterocycles. The van der Waals surface area contributed by atoms with Crippen LogP contribution in [0.5, 0.6) is 0 Å². The van der Waals surface area contributed by atoms with E-state index in [2.05, 4.69) is 4.72 Å². The lowest BCUT2D eigenvalue weighted by Crippen LogP contribution is -2.29. The SMILES string of the molecule is C[C@@H](NS(=O)(=O)CCC(=O)O)c1cccs1. The fourth-order valence-corrected chi connectivity index (χ4v) is 3.18. The molecule has 0 unspecified atom stereocenters. The summed E-state index contributed by atoms with van der Waals surface area (Å²) in [5.74, 6) is -1.51. The van der Waals surface area contributed by atoms with Gasteiger partial charge in [-0.05, 0) is 18.4 Å². The van der Waals surface area contributed by atoms with Crippen molar-refractivity contribution < 1.29 is 18.3 Å². The second kappa shape index (κ2) is 5.42. The van der Waals surface area contributed by atoms with Gasteiger partial charge in [-0.25, -0.2) is 13.1 Å². The fraction of sp³-hybridized carbons (Fsp3) is 0.444. The minimum atomic E-state index is -3.53. The van der Waals surface area contributed by atoms with Crippen molar-refractivity contribution in [3.8, 4) is 0 Å². The Kier molecular flexibility index (Phi) is 4.45. The highest BCUT2D eigenvalue weighted by atomic mass is 32.2. The number of rotatable bonds is 6. The van der Waals surface area contributed by atoms with E-state index in [4.69, 9.17) is 5.11 Å². The molecule has 7 heteroatoms. The summed E-state index contributed by atoms with van der Waals surface area (Å²) in [6.07, 6.45) is -0.382. The molecule has 0 bridgehead atoms. The summed E-state index contributed by atoms with van der Waals surface area (Å²) in [5, 5.41) is 10.3. The average Bonchev–Trinajstić information content (AvgIpc) is 2.67. The number of nitrogens with one attached hydrogen (secondary N) is 1. The van der Waals surface area contributed by atoms with Gasteiger partial charge in [0.25, 0.3) is 0 Å². The monoisotopic (exact) mass is 263 g/mol. The van der Waals surface area contributed by atoms with Crippen molar-refractivity contribution in [2.24, 2.45) is 0 Å². The molecule has 0 radical (unpaired) electrons. The Hall–Kier alpha value is -0.920. The third-order valence-electron chi connectivity index (χ3n) is 1.91. The molecule has 0 fully saturated rings. The predicted molar refractivity (Wildman–Crippen MR) is 61.9 cm³/mol. The lowest BCUT2D eigenvalue weighted by molar-refractivity contribution is -0.136. The Morgan fingerprint density at radius 3 is 2.81 bits per heavy atom. The van der Waals surface area contributed by atoms with Crippen LogP contribution in [0.2, 0.25) is 0 Å². The normalized spacial score (nSPS) is 13.6. The summed E-state index contributed by atoms with van der Waals surface area (Å²) >= 11 is 1.45. The first-order chi connectivity index (χ1) is 7.41. The van der Waals surface area contributed by atoms with Crippen molar-refractivity contribution in [3.05, 3.63) is 22.4 Å². The van der Waals surface area contributed by atoms with E-state index < -0.39 is 21.7 Å². The molecule has 0 saturated carbocycles. The number of hydrogen-bond donors (Lipinski definition) is 2. The lowest BCUT2D eigenvalue weighted by Gasteiger charge is -2.11. The number of hydrogen-bond acceptors (Lipinski definition) is 4. The molecule has 2 N–H and O–H groups in total. The molecule has 16 heavy (non-hydrogen) atoms. The van der Waals surface area contributed by atoms with Gasteiger partial charge >= 0.3 is 5.97 Å². The molecular weight excluding hydrogens is 250 g/mol. The van der Waals surface area contributed by atoms with Crippen LogP contribution < -0.4 is 4.72 Å². The number of carbonyl (C=O) groups is 1. The third kappa shape index (κ3) is 4.30. The van der Waals surface area contributed by atoms with E-state index in [0.717, 1.165) is 4.88 Å². The smallest absolute Gasteiger partial charge is 0.304 e. The Morgan fingerprint density at radius 1 is 1.62 bits per heavy atom. The van der Waals surface area contributed by atoms with Crippen LogP contribution in [-0.4, -0.2) is 25.2 Å². The first-order valence-corrected chi connectivity index (χ1v) is 7.19.